The molecule has 0 heterocycles. The smallest absolute Gasteiger partial charge is 0.387 e. The Bertz CT molecular complexity index is 455. The third kappa shape index (κ3) is 8.70. The Kier molecular flexibility index (Phi) is 9.54. The molecule has 0 aromatic carbocycles. The van der Waals surface area contributed by atoms with Crippen LogP contribution in [0.15, 0.2) is 40.1 Å². The molecule has 2 N–H and O–H groups in total. The van der Waals surface area contributed by atoms with Crippen molar-refractivity contribution in [3.05, 3.63) is 35.1 Å². The predicted octanol–water partition coefficient (Wildman–Crippen LogP) is 5.67. The van der Waals surface area contributed by atoms with Gasteiger partial charge in [0.1, 0.15) is 0 Å². The minimum Gasteiger partial charge on any atom is -0.387 e. The highest BCUT2D eigenvalue weighted by Gasteiger charge is 2.29. The van der Waals surface area contributed by atoms with Gasteiger partial charge < -0.3 is 5.73 Å². The SMILES string of the molecule is CCC/C=C(C)/C(=C\C=C(/C)C(F)(F)F)N=C(N)CCCC. The minimum absolute atomic E-state index is 0.454. The first-order valence-electron chi connectivity index (χ1n) is 7.68. The molecule has 22 heavy (non-hydrogen) atoms. The van der Waals surface area contributed by atoms with E-state index in [-0.39, 0.29) is 0 Å². The van der Waals surface area contributed by atoms with Crippen LogP contribution in [0.3, 0.4) is 0 Å². The summed E-state index contributed by atoms with van der Waals surface area (Å²) in [5.74, 6) is 0.454. The number of amidine groups is 1. The van der Waals surface area contributed by atoms with Gasteiger partial charge >= 0.3 is 6.18 Å². The highest BCUT2D eigenvalue weighted by Crippen LogP contribution is 2.25. The van der Waals surface area contributed by atoms with Crippen molar-refractivity contribution in [2.45, 2.75) is 66.0 Å². The van der Waals surface area contributed by atoms with E-state index >= 15 is 0 Å². The van der Waals surface area contributed by atoms with Gasteiger partial charge in [0.2, 0.25) is 0 Å². The van der Waals surface area contributed by atoms with Crippen molar-refractivity contribution in [2.24, 2.45) is 10.7 Å². The molecule has 0 fully saturated rings. The lowest BCUT2D eigenvalue weighted by atomic mass is 10.1. The molecule has 0 aliphatic rings. The molecule has 0 aromatic rings. The normalized spacial score (nSPS) is 15.4. The quantitative estimate of drug-likeness (QED) is 0.349. The molecule has 0 bridgehead atoms. The maximum absolute atomic E-state index is 12.6. The van der Waals surface area contributed by atoms with Crippen molar-refractivity contribution in [3.63, 3.8) is 0 Å². The molecule has 0 unspecified atom stereocenters. The Hall–Kier alpha value is -1.52. The van der Waals surface area contributed by atoms with Crippen molar-refractivity contribution in [2.75, 3.05) is 0 Å². The van der Waals surface area contributed by atoms with E-state index in [1.54, 1.807) is 0 Å². The van der Waals surface area contributed by atoms with Crippen LogP contribution in [0.5, 0.6) is 0 Å². The standard InChI is InChI=1S/C17H27F3N2/c1-5-7-9-13(3)15(22-16(21)10-8-6-2)12-11-14(4)17(18,19)20/h9,11-12H,5-8,10H2,1-4H3,(H2,21,22)/b13-9+,14-11+,15-12+. The van der Waals surface area contributed by atoms with Crippen molar-refractivity contribution >= 4 is 5.84 Å². The Balaban J connectivity index is 5.43. The summed E-state index contributed by atoms with van der Waals surface area (Å²) < 4.78 is 37.7. The van der Waals surface area contributed by atoms with E-state index in [1.165, 1.54) is 6.08 Å². The van der Waals surface area contributed by atoms with Crippen molar-refractivity contribution in [1.82, 2.24) is 0 Å². The van der Waals surface area contributed by atoms with Crippen molar-refractivity contribution in [1.29, 1.82) is 0 Å². The zero-order valence-electron chi connectivity index (χ0n) is 13.9. The highest BCUT2D eigenvalue weighted by atomic mass is 19.4. The number of allylic oxidation sites excluding steroid dienone is 5. The molecule has 2 nitrogen and oxygen atoms in total. The fourth-order valence-electron chi connectivity index (χ4n) is 1.59. The second-order valence-electron chi connectivity index (χ2n) is 5.28. The first-order chi connectivity index (χ1) is 10.2. The van der Waals surface area contributed by atoms with Crippen LogP contribution in [-0.4, -0.2) is 12.0 Å². The monoisotopic (exact) mass is 316 g/mol. The van der Waals surface area contributed by atoms with E-state index in [0.29, 0.717) is 18.0 Å². The summed E-state index contributed by atoms with van der Waals surface area (Å²) in [5.41, 5.74) is 6.53. The molecule has 0 saturated heterocycles. The van der Waals surface area contributed by atoms with Crippen LogP contribution in [-0.2, 0) is 0 Å². The lowest BCUT2D eigenvalue weighted by Gasteiger charge is -2.07. The summed E-state index contributed by atoms with van der Waals surface area (Å²) in [7, 11) is 0. The fraction of sp³-hybridized carbons (Fsp3) is 0.588. The van der Waals surface area contributed by atoms with Crippen LogP contribution in [0.25, 0.3) is 0 Å². The molecule has 0 aromatic heterocycles. The Morgan fingerprint density at radius 3 is 2.23 bits per heavy atom. The average Bonchev–Trinajstić information content (AvgIpc) is 2.45. The number of aliphatic imine (C=N–C) groups is 1. The summed E-state index contributed by atoms with van der Waals surface area (Å²) in [4.78, 5) is 4.30. The number of hydrogen-bond donors (Lipinski definition) is 1. The molecule has 5 heteroatoms. The summed E-state index contributed by atoms with van der Waals surface area (Å²) in [6.07, 6.45) is 4.48. The lowest BCUT2D eigenvalue weighted by molar-refractivity contribution is -0.0912. The molecule has 126 valence electrons. The molecule has 0 radical (unpaired) electrons. The van der Waals surface area contributed by atoms with Gasteiger partial charge in [0, 0.05) is 12.0 Å². The summed E-state index contributed by atoms with van der Waals surface area (Å²) in [6.45, 7) is 6.98. The van der Waals surface area contributed by atoms with Gasteiger partial charge in [-0.15, -0.1) is 0 Å². The molecule has 0 amide bonds. The minimum atomic E-state index is -4.32. The first kappa shape index (κ1) is 20.5. The van der Waals surface area contributed by atoms with Crippen LogP contribution >= 0.6 is 0 Å². The van der Waals surface area contributed by atoms with Gasteiger partial charge in [-0.1, -0.05) is 38.8 Å². The van der Waals surface area contributed by atoms with E-state index in [2.05, 4.69) is 4.99 Å². The number of rotatable bonds is 8. The third-order valence-electron chi connectivity index (χ3n) is 3.13. The largest absolute Gasteiger partial charge is 0.412 e. The highest BCUT2D eigenvalue weighted by molar-refractivity contribution is 5.81. The molecule has 0 aliphatic heterocycles. The van der Waals surface area contributed by atoms with Crippen molar-refractivity contribution in [3.8, 4) is 0 Å². The lowest BCUT2D eigenvalue weighted by Crippen LogP contribution is -2.12. The Labute approximate surface area is 131 Å². The number of nitrogens with zero attached hydrogens (tertiary/aromatic N) is 1. The second kappa shape index (κ2) is 10.2. The first-order valence-corrected chi connectivity index (χ1v) is 7.68. The molecule has 0 saturated carbocycles. The van der Waals surface area contributed by atoms with Gasteiger partial charge in [-0.2, -0.15) is 13.2 Å². The summed E-state index contributed by atoms with van der Waals surface area (Å²) in [6, 6.07) is 0. The van der Waals surface area contributed by atoms with Crippen LogP contribution in [0.1, 0.15) is 59.8 Å². The third-order valence-corrected chi connectivity index (χ3v) is 3.13. The van der Waals surface area contributed by atoms with Crippen molar-refractivity contribution < 1.29 is 13.2 Å². The van der Waals surface area contributed by atoms with Gasteiger partial charge in [0.15, 0.2) is 0 Å². The molecular formula is C17H27F3N2. The number of nitrogens with two attached hydrogens (primary N) is 1. The Morgan fingerprint density at radius 2 is 1.73 bits per heavy atom. The fourth-order valence-corrected chi connectivity index (χ4v) is 1.59. The number of alkyl halides is 3. The average molecular weight is 316 g/mol. The van der Waals surface area contributed by atoms with Gasteiger partial charge in [0.05, 0.1) is 11.5 Å². The van der Waals surface area contributed by atoms with Gasteiger partial charge in [0.25, 0.3) is 0 Å². The van der Waals surface area contributed by atoms with E-state index in [9.17, 15) is 13.2 Å². The van der Waals surface area contributed by atoms with E-state index in [1.807, 2.05) is 26.8 Å². The van der Waals surface area contributed by atoms with Crippen LogP contribution in [0.4, 0.5) is 13.2 Å². The zero-order valence-corrected chi connectivity index (χ0v) is 13.9. The molecule has 0 aliphatic carbocycles. The van der Waals surface area contributed by atoms with Gasteiger partial charge in [-0.25, -0.2) is 4.99 Å². The number of halogens is 3. The number of hydrogen-bond acceptors (Lipinski definition) is 1. The zero-order chi connectivity index (χ0) is 17.2. The van der Waals surface area contributed by atoms with E-state index < -0.39 is 11.7 Å². The predicted molar refractivity (Wildman–Crippen MR) is 87.7 cm³/mol. The molecule has 0 atom stereocenters. The van der Waals surface area contributed by atoms with Gasteiger partial charge in [-0.3, -0.25) is 0 Å². The molecular weight excluding hydrogens is 289 g/mol. The van der Waals surface area contributed by atoms with Gasteiger partial charge in [-0.05, 0) is 38.3 Å². The summed E-state index contributed by atoms with van der Waals surface area (Å²) in [5, 5.41) is 0. The van der Waals surface area contributed by atoms with Crippen LogP contribution in [0.2, 0.25) is 0 Å². The van der Waals surface area contributed by atoms with Crippen LogP contribution < -0.4 is 5.73 Å². The van der Waals surface area contributed by atoms with Crippen LogP contribution in [0, 0.1) is 0 Å². The molecule has 0 rings (SSSR count). The Morgan fingerprint density at radius 1 is 1.09 bits per heavy atom. The topological polar surface area (TPSA) is 38.4 Å². The maximum Gasteiger partial charge on any atom is 0.412 e. The molecule has 0 spiro atoms. The maximum atomic E-state index is 12.6. The summed E-state index contributed by atoms with van der Waals surface area (Å²) >= 11 is 0. The van der Waals surface area contributed by atoms with E-state index in [4.69, 9.17) is 5.73 Å². The number of unbranched alkanes of at least 4 members (excludes halogenated alkanes) is 2. The van der Waals surface area contributed by atoms with E-state index in [0.717, 1.165) is 44.3 Å². The second-order valence-corrected chi connectivity index (χ2v) is 5.28.